The molecule has 0 saturated heterocycles. The van der Waals surface area contributed by atoms with Gasteiger partial charge in [-0.1, -0.05) is 12.2 Å². The maximum atomic E-state index is 10.9. The number of hydrogen-bond acceptors (Lipinski definition) is 4. The van der Waals surface area contributed by atoms with E-state index in [9.17, 15) is 10.1 Å². The van der Waals surface area contributed by atoms with Crippen molar-refractivity contribution in [2.45, 2.75) is 13.3 Å². The predicted octanol–water partition coefficient (Wildman–Crippen LogP) is 2.04. The van der Waals surface area contributed by atoms with Crippen molar-refractivity contribution in [1.82, 2.24) is 0 Å². The van der Waals surface area contributed by atoms with Crippen molar-refractivity contribution in [3.8, 4) is 0 Å². The summed E-state index contributed by atoms with van der Waals surface area (Å²) >= 11 is 0. The first-order chi connectivity index (χ1) is 7.66. The van der Waals surface area contributed by atoms with E-state index >= 15 is 0 Å². The molecule has 0 heterocycles. The van der Waals surface area contributed by atoms with E-state index in [0.717, 1.165) is 0 Å². The van der Waals surface area contributed by atoms with E-state index < -0.39 is 4.92 Å². The van der Waals surface area contributed by atoms with Gasteiger partial charge in [-0.2, -0.15) is 0 Å². The molecule has 0 aromatic carbocycles. The monoisotopic (exact) mass is 225 g/mol. The van der Waals surface area contributed by atoms with E-state index in [1.807, 2.05) is 6.08 Å². The third-order valence-electron chi connectivity index (χ3n) is 2.16. The number of nitro groups is 1. The summed E-state index contributed by atoms with van der Waals surface area (Å²) in [7, 11) is 1.56. The fraction of sp³-hybridized carbons (Fsp3) is 0.455. The predicted molar refractivity (Wildman–Crippen MR) is 59.4 cm³/mol. The third-order valence-corrected chi connectivity index (χ3v) is 2.16. The molecule has 16 heavy (non-hydrogen) atoms. The Morgan fingerprint density at radius 2 is 2.25 bits per heavy atom. The van der Waals surface area contributed by atoms with Crippen LogP contribution < -0.4 is 0 Å². The molecule has 0 amide bonds. The summed E-state index contributed by atoms with van der Waals surface area (Å²) in [5.41, 5.74) is 0.660. The molecule has 1 rings (SSSR count). The molecule has 1 aliphatic rings. The summed E-state index contributed by atoms with van der Waals surface area (Å²) in [5, 5.41) is 10.9. The number of nitrogens with zero attached hydrogens (tertiary/aromatic N) is 1. The molecule has 0 aromatic rings. The normalized spacial score (nSPS) is 15.8. The Morgan fingerprint density at radius 3 is 2.88 bits per heavy atom. The highest BCUT2D eigenvalue weighted by Gasteiger charge is 2.21. The molecule has 0 aliphatic heterocycles. The molecular weight excluding hydrogens is 210 g/mol. The molecule has 0 aromatic heterocycles. The molecule has 0 radical (unpaired) electrons. The average Bonchev–Trinajstić information content (AvgIpc) is 2.40. The third kappa shape index (κ3) is 3.20. The van der Waals surface area contributed by atoms with Crippen molar-refractivity contribution in [2.75, 3.05) is 20.3 Å². The second-order valence-corrected chi connectivity index (χ2v) is 3.34. The van der Waals surface area contributed by atoms with Crippen LogP contribution in [0.1, 0.15) is 13.3 Å². The Labute approximate surface area is 94.2 Å². The van der Waals surface area contributed by atoms with Gasteiger partial charge in [0.25, 0.3) is 0 Å². The van der Waals surface area contributed by atoms with Crippen LogP contribution in [0.2, 0.25) is 0 Å². The van der Waals surface area contributed by atoms with Crippen molar-refractivity contribution in [2.24, 2.45) is 0 Å². The van der Waals surface area contributed by atoms with Gasteiger partial charge in [0.05, 0.1) is 11.5 Å². The maximum Gasteiger partial charge on any atom is 0.313 e. The first-order valence-corrected chi connectivity index (χ1v) is 5.01. The molecule has 1 aliphatic carbocycles. The molecular formula is C11H15NO4. The van der Waals surface area contributed by atoms with E-state index in [2.05, 4.69) is 0 Å². The molecule has 0 fully saturated rings. The molecule has 0 saturated carbocycles. The Hall–Kier alpha value is -1.62. The van der Waals surface area contributed by atoms with E-state index in [1.165, 1.54) is 0 Å². The minimum absolute atomic E-state index is 0.0323. The lowest BCUT2D eigenvalue weighted by Gasteiger charge is -2.07. The summed E-state index contributed by atoms with van der Waals surface area (Å²) in [6.45, 7) is 2.43. The quantitative estimate of drug-likeness (QED) is 0.408. The van der Waals surface area contributed by atoms with Gasteiger partial charge in [0, 0.05) is 12.7 Å². The SMILES string of the molecule is COCCOC1=C([N+](=O)[O-])C(C)=CCC=C1. The summed E-state index contributed by atoms with van der Waals surface area (Å²) in [5.74, 6) is 0.299. The summed E-state index contributed by atoms with van der Waals surface area (Å²) < 4.78 is 10.2. The van der Waals surface area contributed by atoms with Gasteiger partial charge in [0.2, 0.25) is 0 Å². The molecule has 0 N–H and O–H groups in total. The number of rotatable bonds is 5. The zero-order chi connectivity index (χ0) is 12.0. The van der Waals surface area contributed by atoms with E-state index in [0.29, 0.717) is 31.0 Å². The standard InChI is InChI=1S/C11H15NO4/c1-9-5-3-4-6-10(11(9)12(13)14)16-8-7-15-2/h4-6H,3,7-8H2,1-2H3. The summed E-state index contributed by atoms with van der Waals surface area (Å²) in [4.78, 5) is 10.5. The number of allylic oxidation sites excluding steroid dienone is 4. The highest BCUT2D eigenvalue weighted by Crippen LogP contribution is 2.21. The first kappa shape index (κ1) is 12.4. The lowest BCUT2D eigenvalue weighted by molar-refractivity contribution is -0.423. The van der Waals surface area contributed by atoms with E-state index in [-0.39, 0.29) is 5.70 Å². The van der Waals surface area contributed by atoms with Crippen LogP contribution in [0.25, 0.3) is 0 Å². The molecule has 0 unspecified atom stereocenters. The van der Waals surface area contributed by atoms with Crippen molar-refractivity contribution >= 4 is 0 Å². The van der Waals surface area contributed by atoms with Gasteiger partial charge in [-0.15, -0.1) is 0 Å². The molecule has 0 atom stereocenters. The molecule has 5 heteroatoms. The first-order valence-electron chi connectivity index (χ1n) is 5.01. The highest BCUT2D eigenvalue weighted by atomic mass is 16.6. The van der Waals surface area contributed by atoms with Gasteiger partial charge in [-0.25, -0.2) is 0 Å². The second kappa shape index (κ2) is 6.07. The van der Waals surface area contributed by atoms with Gasteiger partial charge in [0.1, 0.15) is 6.61 Å². The zero-order valence-electron chi connectivity index (χ0n) is 9.43. The van der Waals surface area contributed by atoms with Crippen LogP contribution in [0.3, 0.4) is 0 Å². The molecule has 5 nitrogen and oxygen atoms in total. The van der Waals surface area contributed by atoms with Crippen LogP contribution in [0, 0.1) is 10.1 Å². The second-order valence-electron chi connectivity index (χ2n) is 3.34. The smallest absolute Gasteiger partial charge is 0.313 e. The minimum Gasteiger partial charge on any atom is -0.484 e. The van der Waals surface area contributed by atoms with Gasteiger partial charge >= 0.3 is 5.70 Å². The van der Waals surface area contributed by atoms with Crippen LogP contribution in [-0.2, 0) is 9.47 Å². The van der Waals surface area contributed by atoms with Crippen molar-refractivity contribution < 1.29 is 14.4 Å². The van der Waals surface area contributed by atoms with Crippen LogP contribution in [-0.4, -0.2) is 25.2 Å². The number of methoxy groups -OCH3 is 1. The largest absolute Gasteiger partial charge is 0.484 e. The van der Waals surface area contributed by atoms with Gasteiger partial charge in [-0.05, 0) is 19.4 Å². The van der Waals surface area contributed by atoms with Crippen molar-refractivity contribution in [1.29, 1.82) is 0 Å². The van der Waals surface area contributed by atoms with Gasteiger partial charge < -0.3 is 9.47 Å². The zero-order valence-corrected chi connectivity index (χ0v) is 9.43. The van der Waals surface area contributed by atoms with Crippen molar-refractivity contribution in [3.63, 3.8) is 0 Å². The maximum absolute atomic E-state index is 10.9. The minimum atomic E-state index is -0.413. The van der Waals surface area contributed by atoms with E-state index in [1.54, 1.807) is 26.2 Å². The molecule has 0 spiro atoms. The van der Waals surface area contributed by atoms with Crippen LogP contribution in [0.15, 0.2) is 35.3 Å². The number of hydrogen-bond donors (Lipinski definition) is 0. The average molecular weight is 225 g/mol. The summed E-state index contributed by atoms with van der Waals surface area (Å²) in [6.07, 6.45) is 5.96. The Bertz CT molecular complexity index is 355. The molecule has 0 bridgehead atoms. The Balaban J connectivity index is 2.90. The van der Waals surface area contributed by atoms with Gasteiger partial charge in [0.15, 0.2) is 5.76 Å². The Kier molecular flexibility index (Phi) is 4.72. The summed E-state index contributed by atoms with van der Waals surface area (Å²) in [6, 6.07) is 0. The van der Waals surface area contributed by atoms with Crippen LogP contribution in [0.5, 0.6) is 0 Å². The molecule has 88 valence electrons. The van der Waals surface area contributed by atoms with Crippen molar-refractivity contribution in [3.05, 3.63) is 45.4 Å². The fourth-order valence-corrected chi connectivity index (χ4v) is 1.38. The van der Waals surface area contributed by atoms with Crippen LogP contribution >= 0.6 is 0 Å². The Morgan fingerprint density at radius 1 is 1.50 bits per heavy atom. The van der Waals surface area contributed by atoms with E-state index in [4.69, 9.17) is 9.47 Å². The topological polar surface area (TPSA) is 61.6 Å². The fourth-order valence-electron chi connectivity index (χ4n) is 1.38. The highest BCUT2D eigenvalue weighted by molar-refractivity contribution is 5.34. The van der Waals surface area contributed by atoms with Gasteiger partial charge in [-0.3, -0.25) is 10.1 Å². The lowest BCUT2D eigenvalue weighted by Crippen LogP contribution is -2.08. The lowest BCUT2D eigenvalue weighted by atomic mass is 10.2. The number of ether oxygens (including phenoxy) is 2. The van der Waals surface area contributed by atoms with Crippen LogP contribution in [0.4, 0.5) is 0 Å².